The predicted octanol–water partition coefficient (Wildman–Crippen LogP) is 1.98. The van der Waals surface area contributed by atoms with Gasteiger partial charge in [-0.1, -0.05) is 11.6 Å². The summed E-state index contributed by atoms with van der Waals surface area (Å²) in [4.78, 5) is 23.1. The number of rotatable bonds is 2. The van der Waals surface area contributed by atoms with E-state index in [0.717, 1.165) is 0 Å². The highest BCUT2D eigenvalue weighted by Crippen LogP contribution is 2.19. The Balaban J connectivity index is 2.43. The highest BCUT2D eigenvalue weighted by molar-refractivity contribution is 6.30. The number of methoxy groups -OCH3 is 1. The molecule has 0 unspecified atom stereocenters. The Kier molecular flexibility index (Phi) is 3.30. The number of esters is 1. The van der Waals surface area contributed by atoms with Gasteiger partial charge in [0.2, 0.25) is 0 Å². The van der Waals surface area contributed by atoms with Gasteiger partial charge in [-0.25, -0.2) is 14.8 Å². The van der Waals surface area contributed by atoms with Gasteiger partial charge in [-0.05, 0) is 12.1 Å². The summed E-state index contributed by atoms with van der Waals surface area (Å²) in [7, 11) is 1.30. The van der Waals surface area contributed by atoms with E-state index in [9.17, 15) is 4.79 Å². The van der Waals surface area contributed by atoms with Crippen molar-refractivity contribution in [2.45, 2.75) is 0 Å². The Hall–Kier alpha value is -2.01. The largest absolute Gasteiger partial charge is 0.464 e. The lowest BCUT2D eigenvalue weighted by Gasteiger charge is -2.02. The quantitative estimate of drug-likeness (QED) is 0.762. The van der Waals surface area contributed by atoms with Crippen LogP contribution in [0.3, 0.4) is 0 Å². The number of carbonyl (C=O) groups is 1. The molecule has 0 radical (unpaired) electrons. The minimum absolute atomic E-state index is 0.192. The first kappa shape index (κ1) is 11.5. The summed E-state index contributed by atoms with van der Waals surface area (Å²) in [6, 6.07) is 3.23. The first-order valence-electron chi connectivity index (χ1n) is 4.72. The molecule has 0 aromatic carbocycles. The van der Waals surface area contributed by atoms with Crippen LogP contribution in [0.25, 0.3) is 11.3 Å². The van der Waals surface area contributed by atoms with Crippen LogP contribution >= 0.6 is 11.6 Å². The van der Waals surface area contributed by atoms with Gasteiger partial charge in [0, 0.05) is 18.0 Å². The summed E-state index contributed by atoms with van der Waals surface area (Å²) < 4.78 is 4.58. The van der Waals surface area contributed by atoms with E-state index < -0.39 is 5.97 Å². The van der Waals surface area contributed by atoms with E-state index in [0.29, 0.717) is 16.3 Å². The molecule has 2 aromatic rings. The molecule has 5 nitrogen and oxygen atoms in total. The van der Waals surface area contributed by atoms with Crippen molar-refractivity contribution in [2.24, 2.45) is 0 Å². The minimum atomic E-state index is -0.511. The molecule has 0 aliphatic carbocycles. The van der Waals surface area contributed by atoms with Crippen LogP contribution in [0.15, 0.2) is 30.9 Å². The third-order valence-corrected chi connectivity index (χ3v) is 2.27. The average molecular weight is 250 g/mol. The van der Waals surface area contributed by atoms with Crippen molar-refractivity contribution in [1.29, 1.82) is 0 Å². The zero-order valence-corrected chi connectivity index (χ0v) is 9.68. The van der Waals surface area contributed by atoms with Crippen LogP contribution in [0.1, 0.15) is 10.5 Å². The van der Waals surface area contributed by atoms with Gasteiger partial charge in [-0.15, -0.1) is 0 Å². The van der Waals surface area contributed by atoms with E-state index in [1.807, 2.05) is 0 Å². The molecular formula is C11H8ClN3O2. The second-order valence-electron chi connectivity index (χ2n) is 3.17. The maximum atomic E-state index is 11.3. The summed E-state index contributed by atoms with van der Waals surface area (Å²) in [6.07, 6.45) is 4.42. The summed E-state index contributed by atoms with van der Waals surface area (Å²) in [5, 5.41) is 0.501. The van der Waals surface area contributed by atoms with Gasteiger partial charge in [-0.2, -0.15) is 0 Å². The fraction of sp³-hybridized carbons (Fsp3) is 0.0909. The number of ether oxygens (including phenoxy) is 1. The summed E-state index contributed by atoms with van der Waals surface area (Å²) in [5.41, 5.74) is 1.47. The highest BCUT2D eigenvalue weighted by atomic mass is 35.5. The summed E-state index contributed by atoms with van der Waals surface area (Å²) in [6.45, 7) is 0. The van der Waals surface area contributed by atoms with Crippen molar-refractivity contribution in [2.75, 3.05) is 7.11 Å². The molecule has 2 heterocycles. The minimum Gasteiger partial charge on any atom is -0.464 e. The summed E-state index contributed by atoms with van der Waals surface area (Å²) >= 11 is 5.83. The fourth-order valence-electron chi connectivity index (χ4n) is 1.28. The van der Waals surface area contributed by atoms with Gasteiger partial charge in [0.05, 0.1) is 17.8 Å². The van der Waals surface area contributed by atoms with E-state index in [4.69, 9.17) is 11.6 Å². The third kappa shape index (κ3) is 2.57. The number of carbonyl (C=O) groups excluding carboxylic acids is 1. The van der Waals surface area contributed by atoms with Gasteiger partial charge < -0.3 is 4.74 Å². The van der Waals surface area contributed by atoms with E-state index >= 15 is 0 Å². The van der Waals surface area contributed by atoms with Crippen molar-refractivity contribution >= 4 is 17.6 Å². The number of pyridine rings is 1. The average Bonchev–Trinajstić information content (AvgIpc) is 2.38. The number of nitrogens with zero attached hydrogens (tertiary/aromatic N) is 3. The molecule has 0 saturated heterocycles. The van der Waals surface area contributed by atoms with E-state index in [-0.39, 0.29) is 5.69 Å². The zero-order chi connectivity index (χ0) is 12.3. The lowest BCUT2D eigenvalue weighted by Crippen LogP contribution is -2.04. The molecule has 0 atom stereocenters. The molecule has 0 fully saturated rings. The van der Waals surface area contributed by atoms with Gasteiger partial charge >= 0.3 is 5.97 Å². The summed E-state index contributed by atoms with van der Waals surface area (Å²) in [5.74, 6) is -0.511. The fourth-order valence-corrected chi connectivity index (χ4v) is 1.46. The highest BCUT2D eigenvalue weighted by Gasteiger charge is 2.09. The molecule has 0 aliphatic heterocycles. The second kappa shape index (κ2) is 4.88. The monoisotopic (exact) mass is 249 g/mol. The third-order valence-electron chi connectivity index (χ3n) is 2.06. The molecule has 17 heavy (non-hydrogen) atoms. The van der Waals surface area contributed by atoms with Crippen LogP contribution < -0.4 is 0 Å². The van der Waals surface area contributed by atoms with Crippen molar-refractivity contribution in [3.8, 4) is 11.3 Å². The Morgan fingerprint density at radius 3 is 2.82 bits per heavy atom. The SMILES string of the molecule is COC(=O)c1cc(-c2cncc(Cl)c2)ncn1. The van der Waals surface area contributed by atoms with E-state index in [2.05, 4.69) is 19.7 Å². The molecule has 6 heteroatoms. The van der Waals surface area contributed by atoms with Crippen molar-refractivity contribution < 1.29 is 9.53 Å². The molecule has 2 aromatic heterocycles. The van der Waals surface area contributed by atoms with Crippen LogP contribution in [0.5, 0.6) is 0 Å². The normalized spacial score (nSPS) is 10.0. The molecule has 2 rings (SSSR count). The zero-order valence-electron chi connectivity index (χ0n) is 8.92. The molecule has 0 N–H and O–H groups in total. The lowest BCUT2D eigenvalue weighted by atomic mass is 10.2. The number of hydrogen-bond donors (Lipinski definition) is 0. The van der Waals surface area contributed by atoms with E-state index in [1.165, 1.54) is 25.7 Å². The van der Waals surface area contributed by atoms with Crippen molar-refractivity contribution in [1.82, 2.24) is 15.0 Å². The number of aromatic nitrogens is 3. The number of halogens is 1. The first-order chi connectivity index (χ1) is 8.20. The van der Waals surface area contributed by atoms with Gasteiger partial charge in [-0.3, -0.25) is 4.98 Å². The Labute approximate surface area is 102 Å². The molecule has 0 spiro atoms. The van der Waals surface area contributed by atoms with Crippen LogP contribution in [-0.4, -0.2) is 28.0 Å². The molecule has 0 bridgehead atoms. The van der Waals surface area contributed by atoms with Crippen LogP contribution in [0.2, 0.25) is 5.02 Å². The van der Waals surface area contributed by atoms with Gasteiger partial charge in [0.1, 0.15) is 6.33 Å². The molecule has 0 aliphatic rings. The van der Waals surface area contributed by atoms with E-state index in [1.54, 1.807) is 12.3 Å². The van der Waals surface area contributed by atoms with Gasteiger partial charge in [0.25, 0.3) is 0 Å². The Morgan fingerprint density at radius 2 is 2.12 bits per heavy atom. The van der Waals surface area contributed by atoms with Crippen molar-refractivity contribution in [3.63, 3.8) is 0 Å². The van der Waals surface area contributed by atoms with Gasteiger partial charge in [0.15, 0.2) is 5.69 Å². The first-order valence-corrected chi connectivity index (χ1v) is 5.10. The maximum absolute atomic E-state index is 11.3. The topological polar surface area (TPSA) is 65.0 Å². The molecule has 0 saturated carbocycles. The molecular weight excluding hydrogens is 242 g/mol. The Bertz CT molecular complexity index is 560. The molecule has 86 valence electrons. The standard InChI is InChI=1S/C11H8ClN3O2/c1-17-11(16)10-3-9(14-6-15-10)7-2-8(12)5-13-4-7/h2-6H,1H3. The van der Waals surface area contributed by atoms with Crippen LogP contribution in [0.4, 0.5) is 0 Å². The lowest BCUT2D eigenvalue weighted by molar-refractivity contribution is 0.0594. The smallest absolute Gasteiger partial charge is 0.356 e. The Morgan fingerprint density at radius 1 is 1.29 bits per heavy atom. The predicted molar refractivity (Wildman–Crippen MR) is 61.6 cm³/mol. The maximum Gasteiger partial charge on any atom is 0.356 e. The van der Waals surface area contributed by atoms with Crippen LogP contribution in [-0.2, 0) is 4.74 Å². The van der Waals surface area contributed by atoms with Crippen LogP contribution in [0, 0.1) is 0 Å². The number of hydrogen-bond acceptors (Lipinski definition) is 5. The molecule has 0 amide bonds. The second-order valence-corrected chi connectivity index (χ2v) is 3.61. The van der Waals surface area contributed by atoms with Crippen molar-refractivity contribution in [3.05, 3.63) is 41.6 Å².